The Kier molecular flexibility index (Phi) is 6.96. The van der Waals surface area contributed by atoms with E-state index in [-0.39, 0.29) is 0 Å². The molecule has 27 heavy (non-hydrogen) atoms. The summed E-state index contributed by atoms with van der Waals surface area (Å²) in [6, 6.07) is 6.50. The SMILES string of the molecule is COc1ccc(CN2CCN(CC(=O)N3CCCC[C@@H]3C)CC2)cc1OC. The second kappa shape index (κ2) is 9.42. The van der Waals surface area contributed by atoms with Crippen LogP contribution >= 0.6 is 0 Å². The van der Waals surface area contributed by atoms with Gasteiger partial charge >= 0.3 is 0 Å². The highest BCUT2D eigenvalue weighted by atomic mass is 16.5. The molecule has 0 spiro atoms. The number of methoxy groups -OCH3 is 2. The lowest BCUT2D eigenvalue weighted by Crippen LogP contribution is -2.51. The predicted molar refractivity (Wildman–Crippen MR) is 106 cm³/mol. The van der Waals surface area contributed by atoms with Crippen LogP contribution in [-0.4, -0.2) is 80.1 Å². The molecule has 2 heterocycles. The number of likely N-dealkylation sites (tertiary alicyclic amines) is 1. The minimum atomic E-state index is 0.301. The van der Waals surface area contributed by atoms with E-state index in [9.17, 15) is 4.79 Å². The van der Waals surface area contributed by atoms with E-state index in [4.69, 9.17) is 9.47 Å². The molecule has 1 atom stereocenters. The number of carbonyl (C=O) groups is 1. The van der Waals surface area contributed by atoms with Crippen LogP contribution in [0.2, 0.25) is 0 Å². The predicted octanol–water partition coefficient (Wildman–Crippen LogP) is 2.22. The molecule has 2 fully saturated rings. The summed E-state index contributed by atoms with van der Waals surface area (Å²) in [6.45, 7) is 8.42. The standard InChI is InChI=1S/C21H33N3O3/c1-17-6-4-5-9-24(17)21(25)16-23-12-10-22(11-13-23)15-18-7-8-19(26-2)20(14-18)27-3/h7-8,14,17H,4-6,9-13,15-16H2,1-3H3/t17-/m0/s1. The Hall–Kier alpha value is -1.79. The van der Waals surface area contributed by atoms with Crippen molar-refractivity contribution in [2.45, 2.75) is 38.8 Å². The van der Waals surface area contributed by atoms with E-state index < -0.39 is 0 Å². The third-order valence-electron chi connectivity index (χ3n) is 5.80. The number of amides is 1. The summed E-state index contributed by atoms with van der Waals surface area (Å²) in [5, 5.41) is 0. The van der Waals surface area contributed by atoms with Crippen molar-refractivity contribution in [3.63, 3.8) is 0 Å². The van der Waals surface area contributed by atoms with Crippen LogP contribution in [0.1, 0.15) is 31.7 Å². The first kappa shape index (κ1) is 20.0. The average Bonchev–Trinajstić information content (AvgIpc) is 2.69. The molecule has 0 N–H and O–H groups in total. The maximum absolute atomic E-state index is 12.6. The van der Waals surface area contributed by atoms with Gasteiger partial charge in [-0.3, -0.25) is 14.6 Å². The summed E-state index contributed by atoms with van der Waals surface area (Å²) >= 11 is 0. The maximum atomic E-state index is 12.6. The van der Waals surface area contributed by atoms with Gasteiger partial charge in [0.25, 0.3) is 0 Å². The van der Waals surface area contributed by atoms with Gasteiger partial charge in [-0.1, -0.05) is 6.07 Å². The molecule has 1 aromatic rings. The van der Waals surface area contributed by atoms with Gasteiger partial charge in [0.1, 0.15) is 0 Å². The average molecular weight is 376 g/mol. The van der Waals surface area contributed by atoms with Crippen LogP contribution in [0.4, 0.5) is 0 Å². The molecule has 150 valence electrons. The Morgan fingerprint density at radius 3 is 2.37 bits per heavy atom. The molecular formula is C21H33N3O3. The molecule has 1 amide bonds. The van der Waals surface area contributed by atoms with Gasteiger partial charge in [-0.25, -0.2) is 0 Å². The molecule has 0 unspecified atom stereocenters. The van der Waals surface area contributed by atoms with Crippen LogP contribution in [0, 0.1) is 0 Å². The third kappa shape index (κ3) is 5.14. The molecule has 6 heteroatoms. The van der Waals surface area contributed by atoms with E-state index in [2.05, 4.69) is 27.7 Å². The molecule has 3 rings (SSSR count). The Bertz CT molecular complexity index is 629. The van der Waals surface area contributed by atoms with E-state index in [1.54, 1.807) is 14.2 Å². The fourth-order valence-electron chi connectivity index (χ4n) is 4.09. The lowest BCUT2D eigenvalue weighted by atomic mass is 10.0. The van der Waals surface area contributed by atoms with Crippen LogP contribution in [-0.2, 0) is 11.3 Å². The van der Waals surface area contributed by atoms with E-state index >= 15 is 0 Å². The molecule has 0 aromatic heterocycles. The highest BCUT2D eigenvalue weighted by Gasteiger charge is 2.26. The zero-order valence-corrected chi connectivity index (χ0v) is 16.9. The number of hydrogen-bond acceptors (Lipinski definition) is 5. The minimum Gasteiger partial charge on any atom is -0.493 e. The number of hydrogen-bond donors (Lipinski definition) is 0. The van der Waals surface area contributed by atoms with Gasteiger partial charge < -0.3 is 14.4 Å². The molecule has 0 saturated carbocycles. The second-order valence-electron chi connectivity index (χ2n) is 7.67. The number of piperidine rings is 1. The van der Waals surface area contributed by atoms with Gasteiger partial charge in [-0.05, 0) is 43.9 Å². The van der Waals surface area contributed by atoms with Gasteiger partial charge in [0.15, 0.2) is 11.5 Å². The van der Waals surface area contributed by atoms with E-state index in [1.807, 2.05) is 12.1 Å². The lowest BCUT2D eigenvalue weighted by Gasteiger charge is -2.38. The minimum absolute atomic E-state index is 0.301. The Balaban J connectivity index is 1.47. The summed E-state index contributed by atoms with van der Waals surface area (Å²) in [7, 11) is 3.32. The van der Waals surface area contributed by atoms with Crippen LogP contribution in [0.3, 0.4) is 0 Å². The van der Waals surface area contributed by atoms with Crippen molar-refractivity contribution in [1.82, 2.24) is 14.7 Å². The molecule has 2 saturated heterocycles. The first-order valence-corrected chi connectivity index (χ1v) is 10.1. The number of benzene rings is 1. The van der Waals surface area contributed by atoms with Crippen molar-refractivity contribution < 1.29 is 14.3 Å². The Morgan fingerprint density at radius 2 is 1.70 bits per heavy atom. The largest absolute Gasteiger partial charge is 0.493 e. The fourth-order valence-corrected chi connectivity index (χ4v) is 4.09. The van der Waals surface area contributed by atoms with Gasteiger partial charge in [0.2, 0.25) is 5.91 Å². The highest BCUT2D eigenvalue weighted by molar-refractivity contribution is 5.78. The lowest BCUT2D eigenvalue weighted by molar-refractivity contribution is -0.136. The number of ether oxygens (including phenoxy) is 2. The molecule has 0 bridgehead atoms. The molecule has 0 aliphatic carbocycles. The highest BCUT2D eigenvalue weighted by Crippen LogP contribution is 2.28. The first-order chi connectivity index (χ1) is 13.1. The monoisotopic (exact) mass is 375 g/mol. The van der Waals surface area contributed by atoms with Crippen molar-refractivity contribution in [2.75, 3.05) is 53.5 Å². The number of carbonyl (C=O) groups excluding carboxylic acids is 1. The summed E-state index contributed by atoms with van der Waals surface area (Å²) in [4.78, 5) is 19.4. The summed E-state index contributed by atoms with van der Waals surface area (Å²) < 4.78 is 10.7. The van der Waals surface area contributed by atoms with Crippen LogP contribution < -0.4 is 9.47 Å². The molecule has 1 aromatic carbocycles. The molecule has 6 nitrogen and oxygen atoms in total. The fraction of sp³-hybridized carbons (Fsp3) is 0.667. The van der Waals surface area contributed by atoms with Crippen molar-refractivity contribution >= 4 is 5.91 Å². The summed E-state index contributed by atoms with van der Waals surface area (Å²) in [5.74, 6) is 1.84. The Labute approximate surface area is 163 Å². The van der Waals surface area contributed by atoms with Gasteiger partial charge in [0, 0.05) is 45.3 Å². The molecule has 0 radical (unpaired) electrons. The second-order valence-corrected chi connectivity index (χ2v) is 7.67. The number of rotatable bonds is 6. The van der Waals surface area contributed by atoms with Crippen molar-refractivity contribution in [1.29, 1.82) is 0 Å². The van der Waals surface area contributed by atoms with Crippen molar-refractivity contribution in [2.24, 2.45) is 0 Å². The van der Waals surface area contributed by atoms with Crippen molar-refractivity contribution in [3.8, 4) is 11.5 Å². The smallest absolute Gasteiger partial charge is 0.236 e. The third-order valence-corrected chi connectivity index (χ3v) is 5.80. The van der Waals surface area contributed by atoms with Crippen molar-refractivity contribution in [3.05, 3.63) is 23.8 Å². The maximum Gasteiger partial charge on any atom is 0.236 e. The van der Waals surface area contributed by atoms with Gasteiger partial charge in [0.05, 0.1) is 20.8 Å². The molecule has 2 aliphatic rings. The quantitative estimate of drug-likeness (QED) is 0.763. The topological polar surface area (TPSA) is 45.2 Å². The number of nitrogens with zero attached hydrogens (tertiary/aromatic N) is 3. The van der Waals surface area contributed by atoms with Gasteiger partial charge in [-0.2, -0.15) is 0 Å². The van der Waals surface area contributed by atoms with Crippen LogP contribution in [0.15, 0.2) is 18.2 Å². The molecule has 2 aliphatic heterocycles. The number of piperazine rings is 1. The van der Waals surface area contributed by atoms with E-state index in [0.717, 1.165) is 63.6 Å². The zero-order valence-electron chi connectivity index (χ0n) is 16.9. The van der Waals surface area contributed by atoms with E-state index in [1.165, 1.54) is 12.0 Å². The van der Waals surface area contributed by atoms with E-state index in [0.29, 0.717) is 18.5 Å². The Morgan fingerprint density at radius 1 is 1.00 bits per heavy atom. The zero-order chi connectivity index (χ0) is 19.2. The summed E-state index contributed by atoms with van der Waals surface area (Å²) in [5.41, 5.74) is 1.22. The van der Waals surface area contributed by atoms with Gasteiger partial charge in [-0.15, -0.1) is 0 Å². The molecular weight excluding hydrogens is 342 g/mol. The first-order valence-electron chi connectivity index (χ1n) is 10.1. The summed E-state index contributed by atoms with van der Waals surface area (Å²) in [6.07, 6.45) is 3.54. The normalized spacial score (nSPS) is 21.9. The van der Waals surface area contributed by atoms with Crippen LogP contribution in [0.25, 0.3) is 0 Å². The van der Waals surface area contributed by atoms with Crippen LogP contribution in [0.5, 0.6) is 11.5 Å².